The van der Waals surface area contributed by atoms with Gasteiger partial charge in [0.05, 0.1) is 5.75 Å². The van der Waals surface area contributed by atoms with Gasteiger partial charge in [0.15, 0.2) is 0 Å². The summed E-state index contributed by atoms with van der Waals surface area (Å²) >= 11 is 0. The van der Waals surface area contributed by atoms with Crippen LogP contribution in [0, 0.1) is 0 Å². The van der Waals surface area contributed by atoms with Crippen LogP contribution in [0.5, 0.6) is 0 Å². The van der Waals surface area contributed by atoms with Gasteiger partial charge in [0.1, 0.15) is 9.84 Å². The van der Waals surface area contributed by atoms with Crippen molar-refractivity contribution in [1.29, 1.82) is 0 Å². The topological polar surface area (TPSA) is 72.5 Å². The Morgan fingerprint density at radius 3 is 2.56 bits per heavy atom. The van der Waals surface area contributed by atoms with Gasteiger partial charge in [-0.2, -0.15) is 0 Å². The molecule has 6 heteroatoms. The maximum Gasteiger partial charge on any atom is 0.220 e. The Morgan fingerprint density at radius 1 is 1.31 bits per heavy atom. The van der Waals surface area contributed by atoms with E-state index in [1.807, 2.05) is 6.92 Å². The smallest absolute Gasteiger partial charge is 0.220 e. The Kier molecular flexibility index (Phi) is 8.19. The normalized spacial score (nSPS) is 11.4. The second-order valence-electron chi connectivity index (χ2n) is 3.63. The largest absolute Gasteiger partial charge is 0.382 e. The number of sulfone groups is 1. The van der Waals surface area contributed by atoms with Crippen LogP contribution in [0.3, 0.4) is 0 Å². The van der Waals surface area contributed by atoms with Crippen LogP contribution in [0.2, 0.25) is 0 Å². The monoisotopic (exact) mass is 251 g/mol. The fourth-order valence-electron chi connectivity index (χ4n) is 1.13. The maximum absolute atomic E-state index is 11.2. The molecule has 1 N–H and O–H groups in total. The first-order valence-corrected chi connectivity index (χ1v) is 7.54. The van der Waals surface area contributed by atoms with E-state index in [4.69, 9.17) is 4.74 Å². The minimum Gasteiger partial charge on any atom is -0.382 e. The zero-order valence-corrected chi connectivity index (χ0v) is 10.8. The van der Waals surface area contributed by atoms with Crippen molar-refractivity contribution in [1.82, 2.24) is 5.32 Å². The van der Waals surface area contributed by atoms with Gasteiger partial charge >= 0.3 is 0 Å². The summed E-state index contributed by atoms with van der Waals surface area (Å²) in [7, 11) is -2.95. The average Bonchev–Trinajstić information content (AvgIpc) is 2.15. The molecule has 0 atom stereocenters. The molecule has 0 rings (SSSR count). The van der Waals surface area contributed by atoms with Crippen molar-refractivity contribution >= 4 is 15.7 Å². The Hall–Kier alpha value is -0.620. The van der Waals surface area contributed by atoms with Crippen LogP contribution in [0.15, 0.2) is 0 Å². The first-order valence-electron chi connectivity index (χ1n) is 5.48. The van der Waals surface area contributed by atoms with Gasteiger partial charge in [-0.05, 0) is 19.8 Å². The summed E-state index contributed by atoms with van der Waals surface area (Å²) in [6, 6.07) is 0. The van der Waals surface area contributed by atoms with Gasteiger partial charge in [-0.3, -0.25) is 4.79 Å². The fourth-order valence-corrected chi connectivity index (χ4v) is 1.80. The number of hydrogen-bond donors (Lipinski definition) is 1. The molecule has 1 amide bonds. The summed E-state index contributed by atoms with van der Waals surface area (Å²) in [5.41, 5.74) is 0. The molecule has 0 aromatic carbocycles. The van der Waals surface area contributed by atoms with E-state index < -0.39 is 9.84 Å². The summed E-state index contributed by atoms with van der Waals surface area (Å²) < 4.78 is 26.7. The highest BCUT2D eigenvalue weighted by atomic mass is 32.2. The zero-order chi connectivity index (χ0) is 12.4. The van der Waals surface area contributed by atoms with Crippen LogP contribution in [0.4, 0.5) is 0 Å². The van der Waals surface area contributed by atoms with Crippen molar-refractivity contribution in [3.05, 3.63) is 0 Å². The molecule has 0 fully saturated rings. The number of amides is 1. The lowest BCUT2D eigenvalue weighted by molar-refractivity contribution is -0.121. The van der Waals surface area contributed by atoms with E-state index in [1.54, 1.807) is 0 Å². The highest BCUT2D eigenvalue weighted by Crippen LogP contribution is 1.94. The van der Waals surface area contributed by atoms with Gasteiger partial charge in [-0.1, -0.05) is 0 Å². The van der Waals surface area contributed by atoms with E-state index in [-0.39, 0.29) is 18.1 Å². The summed E-state index contributed by atoms with van der Waals surface area (Å²) in [6.07, 6.45) is 2.61. The second-order valence-corrected chi connectivity index (χ2v) is 5.89. The lowest BCUT2D eigenvalue weighted by atomic mass is 10.3. The molecule has 0 heterocycles. The summed E-state index contributed by atoms with van der Waals surface area (Å²) in [5.74, 6) is -0.0283. The third-order valence-electron chi connectivity index (χ3n) is 1.91. The molecule has 0 aliphatic carbocycles. The van der Waals surface area contributed by atoms with Crippen molar-refractivity contribution in [3.63, 3.8) is 0 Å². The van der Waals surface area contributed by atoms with E-state index in [0.717, 1.165) is 6.42 Å². The molecule has 0 spiro atoms. The molecule has 0 unspecified atom stereocenters. The number of carbonyl (C=O) groups is 1. The minimum atomic E-state index is -2.95. The van der Waals surface area contributed by atoms with Gasteiger partial charge < -0.3 is 10.1 Å². The first-order chi connectivity index (χ1) is 7.45. The third kappa shape index (κ3) is 11.5. The third-order valence-corrected chi connectivity index (χ3v) is 2.94. The second kappa shape index (κ2) is 8.52. The van der Waals surface area contributed by atoms with Crippen LogP contribution < -0.4 is 5.32 Å². The molecule has 0 aromatic heterocycles. The predicted molar refractivity (Wildman–Crippen MR) is 63.1 cm³/mol. The van der Waals surface area contributed by atoms with E-state index >= 15 is 0 Å². The maximum atomic E-state index is 11.2. The molecule has 5 nitrogen and oxygen atoms in total. The number of ether oxygens (including phenoxy) is 1. The molecule has 96 valence electrons. The van der Waals surface area contributed by atoms with E-state index in [1.165, 1.54) is 6.26 Å². The van der Waals surface area contributed by atoms with Crippen LogP contribution in [0.1, 0.15) is 26.2 Å². The quantitative estimate of drug-likeness (QED) is 0.600. The Labute approximate surface area is 97.5 Å². The van der Waals surface area contributed by atoms with Crippen LogP contribution in [-0.2, 0) is 19.4 Å². The summed E-state index contributed by atoms with van der Waals surface area (Å²) in [6.45, 7) is 3.82. The van der Waals surface area contributed by atoms with E-state index in [0.29, 0.717) is 26.2 Å². The summed E-state index contributed by atoms with van der Waals surface area (Å²) in [4.78, 5) is 11.2. The van der Waals surface area contributed by atoms with Crippen molar-refractivity contribution in [2.24, 2.45) is 0 Å². The van der Waals surface area contributed by atoms with Crippen LogP contribution >= 0.6 is 0 Å². The SMILES string of the molecule is CCOCCCNC(=O)CCCS(C)(=O)=O. The number of hydrogen-bond acceptors (Lipinski definition) is 4. The molecule has 0 aromatic rings. The standard InChI is InChI=1S/C10H21NO4S/c1-3-15-8-5-7-11-10(12)6-4-9-16(2,13)14/h3-9H2,1-2H3,(H,11,12). The molecule has 0 saturated carbocycles. The van der Waals surface area contributed by atoms with E-state index in [9.17, 15) is 13.2 Å². The molecule has 0 bridgehead atoms. The predicted octanol–water partition coefficient (Wildman–Crippen LogP) is 0.354. The number of rotatable bonds is 9. The van der Waals surface area contributed by atoms with Crippen molar-refractivity contribution < 1.29 is 17.9 Å². The molecule has 0 aliphatic rings. The van der Waals surface area contributed by atoms with Gasteiger partial charge in [0.25, 0.3) is 0 Å². The lowest BCUT2D eigenvalue weighted by Gasteiger charge is -2.04. The fraction of sp³-hybridized carbons (Fsp3) is 0.900. The molecule has 16 heavy (non-hydrogen) atoms. The van der Waals surface area contributed by atoms with Crippen molar-refractivity contribution in [2.75, 3.05) is 31.8 Å². The highest BCUT2D eigenvalue weighted by Gasteiger charge is 2.05. The zero-order valence-electron chi connectivity index (χ0n) is 9.99. The number of carbonyl (C=O) groups excluding carboxylic acids is 1. The first kappa shape index (κ1) is 15.4. The lowest BCUT2D eigenvalue weighted by Crippen LogP contribution is -2.25. The highest BCUT2D eigenvalue weighted by molar-refractivity contribution is 7.90. The Morgan fingerprint density at radius 2 is 2.00 bits per heavy atom. The van der Waals surface area contributed by atoms with Crippen molar-refractivity contribution in [3.8, 4) is 0 Å². The Bertz CT molecular complexity index is 287. The molecule has 0 aliphatic heterocycles. The van der Waals surface area contributed by atoms with Gasteiger partial charge in [0.2, 0.25) is 5.91 Å². The van der Waals surface area contributed by atoms with Crippen LogP contribution in [0.25, 0.3) is 0 Å². The average molecular weight is 251 g/mol. The van der Waals surface area contributed by atoms with E-state index in [2.05, 4.69) is 5.32 Å². The van der Waals surface area contributed by atoms with Crippen molar-refractivity contribution in [2.45, 2.75) is 26.2 Å². The minimum absolute atomic E-state index is 0.0688. The number of nitrogens with one attached hydrogen (secondary N) is 1. The molecule has 0 saturated heterocycles. The molecular weight excluding hydrogens is 230 g/mol. The van der Waals surface area contributed by atoms with Gasteiger partial charge in [-0.25, -0.2) is 8.42 Å². The van der Waals surface area contributed by atoms with Gasteiger partial charge in [0, 0.05) is 32.4 Å². The summed E-state index contributed by atoms with van der Waals surface area (Å²) in [5, 5.41) is 2.71. The van der Waals surface area contributed by atoms with Gasteiger partial charge in [-0.15, -0.1) is 0 Å². The van der Waals surface area contributed by atoms with Crippen LogP contribution in [-0.4, -0.2) is 46.1 Å². The molecular formula is C10H21NO4S. The Balaban J connectivity index is 3.38. The molecule has 0 radical (unpaired) electrons.